The van der Waals surface area contributed by atoms with Crippen LogP contribution >= 0.6 is 11.6 Å². The summed E-state index contributed by atoms with van der Waals surface area (Å²) >= 11 is 5.98. The first-order valence-electron chi connectivity index (χ1n) is 6.69. The number of hydrogen-bond donors (Lipinski definition) is 2. The minimum atomic E-state index is 0.291. The molecule has 0 radical (unpaired) electrons. The Kier molecular flexibility index (Phi) is 5.20. The summed E-state index contributed by atoms with van der Waals surface area (Å²) in [5.74, 6) is 2.23. The molecule has 1 heterocycles. The third-order valence-corrected chi connectivity index (χ3v) is 3.24. The highest BCUT2D eigenvalue weighted by atomic mass is 35.5. The fourth-order valence-electron chi connectivity index (χ4n) is 1.86. The molecule has 1 fully saturated rings. The Morgan fingerprint density at radius 1 is 1.22 bits per heavy atom. The molecular weight excluding hydrogens is 250 g/mol. The van der Waals surface area contributed by atoms with Crippen molar-refractivity contribution in [1.29, 1.82) is 0 Å². The van der Waals surface area contributed by atoms with E-state index in [1.165, 1.54) is 12.8 Å². The number of aromatic nitrogens is 2. The van der Waals surface area contributed by atoms with E-state index < -0.39 is 0 Å². The van der Waals surface area contributed by atoms with Crippen molar-refractivity contribution in [3.8, 4) is 0 Å². The van der Waals surface area contributed by atoms with Crippen LogP contribution in [-0.2, 0) is 0 Å². The predicted octanol–water partition coefficient (Wildman–Crippen LogP) is 2.97. The molecule has 0 unspecified atom stereocenters. The lowest BCUT2D eigenvalue weighted by Gasteiger charge is -2.07. The van der Waals surface area contributed by atoms with Gasteiger partial charge in [0, 0.05) is 25.1 Å². The predicted molar refractivity (Wildman–Crippen MR) is 73.1 cm³/mol. The molecule has 1 aromatic rings. The summed E-state index contributed by atoms with van der Waals surface area (Å²) in [6.07, 6.45) is 6.55. The molecule has 0 spiro atoms. The molecule has 0 amide bonds. The fraction of sp³-hybridized carbons (Fsp3) is 0.692. The largest absolute Gasteiger partial charge is 0.396 e. The van der Waals surface area contributed by atoms with Gasteiger partial charge in [-0.25, -0.2) is 9.97 Å². The average Bonchev–Trinajstić information content (AvgIpc) is 3.17. The van der Waals surface area contributed by atoms with Gasteiger partial charge in [0.15, 0.2) is 0 Å². The lowest BCUT2D eigenvalue weighted by atomic mass is 10.2. The Hall–Kier alpha value is -0.870. The van der Waals surface area contributed by atoms with E-state index in [9.17, 15) is 0 Å². The summed E-state index contributed by atoms with van der Waals surface area (Å²) in [6, 6.07) is 1.78. The number of halogens is 1. The van der Waals surface area contributed by atoms with Crippen LogP contribution in [0.15, 0.2) is 6.07 Å². The molecule has 2 rings (SSSR count). The van der Waals surface area contributed by atoms with E-state index in [1.54, 1.807) is 6.07 Å². The monoisotopic (exact) mass is 269 g/mol. The van der Waals surface area contributed by atoms with Crippen molar-refractivity contribution >= 4 is 17.4 Å². The first kappa shape index (κ1) is 13.6. The van der Waals surface area contributed by atoms with Crippen LogP contribution < -0.4 is 5.32 Å². The Morgan fingerprint density at radius 2 is 2.00 bits per heavy atom. The van der Waals surface area contributed by atoms with E-state index in [0.29, 0.717) is 17.7 Å². The van der Waals surface area contributed by atoms with E-state index in [-0.39, 0.29) is 0 Å². The molecule has 1 saturated carbocycles. The Bertz CT molecular complexity index is 382. The highest BCUT2D eigenvalue weighted by Crippen LogP contribution is 2.38. The summed E-state index contributed by atoms with van der Waals surface area (Å²) in [7, 11) is 0. The van der Waals surface area contributed by atoms with E-state index in [2.05, 4.69) is 15.3 Å². The quantitative estimate of drug-likeness (QED) is 0.563. The van der Waals surface area contributed by atoms with Gasteiger partial charge in [0.25, 0.3) is 0 Å². The zero-order valence-electron chi connectivity index (χ0n) is 10.5. The number of nitrogens with one attached hydrogen (secondary N) is 1. The molecule has 0 bridgehead atoms. The van der Waals surface area contributed by atoms with Crippen molar-refractivity contribution in [2.75, 3.05) is 18.5 Å². The van der Waals surface area contributed by atoms with Gasteiger partial charge < -0.3 is 10.4 Å². The molecule has 100 valence electrons. The van der Waals surface area contributed by atoms with Gasteiger partial charge in [0.1, 0.15) is 16.8 Å². The minimum Gasteiger partial charge on any atom is -0.396 e. The Morgan fingerprint density at radius 3 is 2.72 bits per heavy atom. The van der Waals surface area contributed by atoms with E-state index in [0.717, 1.165) is 43.9 Å². The van der Waals surface area contributed by atoms with Crippen LogP contribution in [0.4, 0.5) is 5.82 Å². The van der Waals surface area contributed by atoms with Gasteiger partial charge in [-0.05, 0) is 25.7 Å². The van der Waals surface area contributed by atoms with E-state index in [4.69, 9.17) is 16.7 Å². The third-order valence-electron chi connectivity index (χ3n) is 3.05. The van der Waals surface area contributed by atoms with Gasteiger partial charge in [-0.2, -0.15) is 0 Å². The zero-order valence-corrected chi connectivity index (χ0v) is 11.3. The molecule has 4 nitrogen and oxygen atoms in total. The fourth-order valence-corrected chi connectivity index (χ4v) is 2.05. The second-order valence-corrected chi connectivity index (χ2v) is 5.16. The maximum atomic E-state index is 8.67. The maximum absolute atomic E-state index is 8.67. The summed E-state index contributed by atoms with van der Waals surface area (Å²) in [4.78, 5) is 8.73. The number of anilines is 1. The molecule has 0 aliphatic heterocycles. The SMILES string of the molecule is OCCCCCCNc1cc(Cl)nc(C2CC2)n1. The number of unbranched alkanes of at least 4 members (excludes halogenated alkanes) is 3. The van der Waals surface area contributed by atoms with Crippen molar-refractivity contribution in [2.45, 2.75) is 44.4 Å². The van der Waals surface area contributed by atoms with Gasteiger partial charge in [0.2, 0.25) is 0 Å². The third kappa shape index (κ3) is 4.42. The van der Waals surface area contributed by atoms with Gasteiger partial charge in [0.05, 0.1) is 0 Å². The van der Waals surface area contributed by atoms with Crippen molar-refractivity contribution in [3.63, 3.8) is 0 Å². The van der Waals surface area contributed by atoms with Crippen molar-refractivity contribution in [2.24, 2.45) is 0 Å². The van der Waals surface area contributed by atoms with Crippen molar-refractivity contribution < 1.29 is 5.11 Å². The van der Waals surface area contributed by atoms with Crippen LogP contribution in [0.1, 0.15) is 50.3 Å². The van der Waals surface area contributed by atoms with Crippen LogP contribution in [0.2, 0.25) is 5.15 Å². The molecule has 2 N–H and O–H groups in total. The Labute approximate surface area is 113 Å². The molecule has 5 heteroatoms. The molecule has 0 aromatic carbocycles. The molecule has 0 atom stereocenters. The number of aliphatic hydroxyl groups excluding tert-OH is 1. The van der Waals surface area contributed by atoms with Crippen LogP contribution in [0, 0.1) is 0 Å². The molecular formula is C13H20ClN3O. The maximum Gasteiger partial charge on any atom is 0.135 e. The minimum absolute atomic E-state index is 0.291. The second-order valence-electron chi connectivity index (χ2n) is 4.77. The summed E-state index contributed by atoms with van der Waals surface area (Å²) in [5.41, 5.74) is 0. The lowest BCUT2D eigenvalue weighted by molar-refractivity contribution is 0.283. The van der Waals surface area contributed by atoms with Crippen LogP contribution in [0.25, 0.3) is 0 Å². The number of hydrogen-bond acceptors (Lipinski definition) is 4. The van der Waals surface area contributed by atoms with Crippen LogP contribution in [-0.4, -0.2) is 28.2 Å². The molecule has 0 saturated heterocycles. The smallest absolute Gasteiger partial charge is 0.135 e. The Balaban J connectivity index is 1.74. The zero-order chi connectivity index (χ0) is 12.8. The summed E-state index contributed by atoms with van der Waals surface area (Å²) in [5, 5.41) is 12.5. The van der Waals surface area contributed by atoms with Crippen molar-refractivity contribution in [1.82, 2.24) is 9.97 Å². The second kappa shape index (κ2) is 6.90. The topological polar surface area (TPSA) is 58.0 Å². The van der Waals surface area contributed by atoms with Gasteiger partial charge >= 0.3 is 0 Å². The normalized spacial score (nSPS) is 14.8. The molecule has 1 aromatic heterocycles. The van der Waals surface area contributed by atoms with Gasteiger partial charge in [-0.3, -0.25) is 0 Å². The average molecular weight is 270 g/mol. The lowest BCUT2D eigenvalue weighted by Crippen LogP contribution is -2.05. The summed E-state index contributed by atoms with van der Waals surface area (Å²) in [6.45, 7) is 1.18. The number of nitrogens with zero attached hydrogens (tertiary/aromatic N) is 2. The molecule has 1 aliphatic carbocycles. The summed E-state index contributed by atoms with van der Waals surface area (Å²) < 4.78 is 0. The van der Waals surface area contributed by atoms with Gasteiger partial charge in [-0.1, -0.05) is 24.4 Å². The number of aliphatic hydroxyl groups is 1. The first-order valence-corrected chi connectivity index (χ1v) is 7.06. The molecule has 18 heavy (non-hydrogen) atoms. The van der Waals surface area contributed by atoms with Crippen LogP contribution in [0.3, 0.4) is 0 Å². The van der Waals surface area contributed by atoms with Crippen molar-refractivity contribution in [3.05, 3.63) is 17.0 Å². The first-order chi connectivity index (χ1) is 8.79. The highest BCUT2D eigenvalue weighted by molar-refractivity contribution is 6.29. The number of rotatable bonds is 8. The van der Waals surface area contributed by atoms with E-state index in [1.807, 2.05) is 0 Å². The molecule has 1 aliphatic rings. The van der Waals surface area contributed by atoms with E-state index >= 15 is 0 Å². The standard InChI is InChI=1S/C13H20ClN3O/c14-11-9-12(15-7-3-1-2-4-8-18)17-13(16-11)10-5-6-10/h9-10,18H,1-8H2,(H,15,16,17). The van der Waals surface area contributed by atoms with Crippen LogP contribution in [0.5, 0.6) is 0 Å². The highest BCUT2D eigenvalue weighted by Gasteiger charge is 2.27. The van der Waals surface area contributed by atoms with Gasteiger partial charge in [-0.15, -0.1) is 0 Å².